The van der Waals surface area contributed by atoms with Crippen LogP contribution in [0.25, 0.3) is 21.3 Å². The molecule has 0 radical (unpaired) electrons. The van der Waals surface area contributed by atoms with Gasteiger partial charge in [0.15, 0.2) is 10.9 Å². The fraction of sp³-hybridized carbons (Fsp3) is 0.192. The number of carboxylic acid groups (broad SMARTS) is 1. The fourth-order valence-corrected chi connectivity index (χ4v) is 5.68. The zero-order chi connectivity index (χ0) is 22.9. The molecule has 33 heavy (non-hydrogen) atoms. The standard InChI is InChI=1S/C26H21ClN2O3S/c27-17-10-12-21-23(14-17)33-26(28-21)29-22-13-16(9-11-18(22)15-5-2-1-3-6-15)24(30)19-7-4-8-20(19)25(31)32/h1-3,5-6,9-14,19-20H,4,7-8H2,(H,28,29)(H,31,32)/t19-,20-/m1/s1. The van der Waals surface area contributed by atoms with E-state index in [0.717, 1.165) is 33.5 Å². The number of halogens is 1. The fourth-order valence-electron chi connectivity index (χ4n) is 4.52. The number of thiazole rings is 1. The van der Waals surface area contributed by atoms with Crippen LogP contribution in [-0.4, -0.2) is 21.8 Å². The molecule has 0 bridgehead atoms. The largest absolute Gasteiger partial charge is 0.481 e. The molecule has 0 unspecified atom stereocenters. The number of carbonyl (C=O) groups is 2. The zero-order valence-corrected chi connectivity index (χ0v) is 19.2. The molecule has 7 heteroatoms. The molecule has 0 saturated heterocycles. The monoisotopic (exact) mass is 476 g/mol. The lowest BCUT2D eigenvalue weighted by molar-refractivity contribution is -0.142. The van der Waals surface area contributed by atoms with E-state index in [-0.39, 0.29) is 5.78 Å². The Kier molecular flexibility index (Phi) is 5.87. The number of ketones is 1. The molecule has 166 valence electrons. The van der Waals surface area contributed by atoms with Gasteiger partial charge < -0.3 is 10.4 Å². The number of aromatic nitrogens is 1. The van der Waals surface area contributed by atoms with Crippen molar-refractivity contribution in [3.63, 3.8) is 0 Å². The number of carboxylic acids is 1. The van der Waals surface area contributed by atoms with Gasteiger partial charge in [-0.15, -0.1) is 0 Å². The molecule has 0 amide bonds. The Balaban J connectivity index is 1.54. The van der Waals surface area contributed by atoms with Crippen LogP contribution in [0.3, 0.4) is 0 Å². The van der Waals surface area contributed by atoms with E-state index in [2.05, 4.69) is 10.3 Å². The molecule has 4 aromatic rings. The third-order valence-corrected chi connectivity index (χ3v) is 7.32. The van der Waals surface area contributed by atoms with Crippen LogP contribution in [0, 0.1) is 11.8 Å². The maximum Gasteiger partial charge on any atom is 0.307 e. The van der Waals surface area contributed by atoms with Gasteiger partial charge in [0.1, 0.15) is 0 Å². The number of hydrogen-bond acceptors (Lipinski definition) is 5. The first kappa shape index (κ1) is 21.6. The van der Waals surface area contributed by atoms with Crippen molar-refractivity contribution < 1.29 is 14.7 Å². The van der Waals surface area contributed by atoms with Crippen LogP contribution in [0.2, 0.25) is 5.02 Å². The summed E-state index contributed by atoms with van der Waals surface area (Å²) in [5, 5.41) is 14.3. The minimum absolute atomic E-state index is 0.112. The third kappa shape index (κ3) is 4.36. The summed E-state index contributed by atoms with van der Waals surface area (Å²) in [5.74, 6) is -2.10. The Bertz CT molecular complexity index is 1350. The summed E-state index contributed by atoms with van der Waals surface area (Å²) in [6.45, 7) is 0. The van der Waals surface area contributed by atoms with Crippen molar-refractivity contribution in [2.75, 3.05) is 5.32 Å². The van der Waals surface area contributed by atoms with Gasteiger partial charge in [0.2, 0.25) is 0 Å². The van der Waals surface area contributed by atoms with Gasteiger partial charge in [0, 0.05) is 27.8 Å². The molecule has 0 aliphatic heterocycles. The Morgan fingerprint density at radius 2 is 1.79 bits per heavy atom. The number of benzene rings is 3. The van der Waals surface area contributed by atoms with E-state index in [9.17, 15) is 14.7 Å². The molecule has 5 rings (SSSR count). The van der Waals surface area contributed by atoms with Crippen LogP contribution in [0.5, 0.6) is 0 Å². The number of anilines is 2. The number of hydrogen-bond donors (Lipinski definition) is 2. The van der Waals surface area contributed by atoms with E-state index in [0.29, 0.717) is 28.6 Å². The van der Waals surface area contributed by atoms with Crippen molar-refractivity contribution in [2.24, 2.45) is 11.8 Å². The van der Waals surface area contributed by atoms with Gasteiger partial charge in [-0.25, -0.2) is 4.98 Å². The number of fused-ring (bicyclic) bond motifs is 1. The molecular weight excluding hydrogens is 456 g/mol. The number of nitrogens with one attached hydrogen (secondary N) is 1. The molecule has 1 saturated carbocycles. The molecule has 5 nitrogen and oxygen atoms in total. The van der Waals surface area contributed by atoms with Crippen LogP contribution in [0.1, 0.15) is 29.6 Å². The Morgan fingerprint density at radius 3 is 2.58 bits per heavy atom. The van der Waals surface area contributed by atoms with Crippen LogP contribution in [0.15, 0.2) is 66.7 Å². The summed E-state index contributed by atoms with van der Waals surface area (Å²) in [7, 11) is 0. The Hall–Kier alpha value is -3.22. The smallest absolute Gasteiger partial charge is 0.307 e. The summed E-state index contributed by atoms with van der Waals surface area (Å²) in [4.78, 5) is 29.6. The van der Waals surface area contributed by atoms with Crippen molar-refractivity contribution in [1.82, 2.24) is 4.98 Å². The number of Topliss-reactive ketones (excluding diaryl/α,β-unsaturated/α-hetero) is 1. The molecule has 2 N–H and O–H groups in total. The highest BCUT2D eigenvalue weighted by Crippen LogP contribution is 2.38. The minimum atomic E-state index is -0.891. The maximum atomic E-state index is 13.3. The van der Waals surface area contributed by atoms with Crippen LogP contribution in [-0.2, 0) is 4.79 Å². The molecule has 1 aliphatic rings. The second-order valence-corrected chi connectivity index (χ2v) is 9.70. The van der Waals surface area contributed by atoms with Crippen molar-refractivity contribution in [1.29, 1.82) is 0 Å². The molecule has 0 spiro atoms. The topological polar surface area (TPSA) is 79.3 Å². The van der Waals surface area contributed by atoms with Crippen LogP contribution < -0.4 is 5.32 Å². The summed E-state index contributed by atoms with van der Waals surface area (Å²) in [6.07, 6.45) is 1.92. The van der Waals surface area contributed by atoms with Crippen molar-refractivity contribution >= 4 is 55.7 Å². The highest BCUT2D eigenvalue weighted by Gasteiger charge is 2.38. The second-order valence-electron chi connectivity index (χ2n) is 8.23. The lowest BCUT2D eigenvalue weighted by Crippen LogP contribution is -2.25. The van der Waals surface area contributed by atoms with Gasteiger partial charge in [-0.1, -0.05) is 71.8 Å². The number of carbonyl (C=O) groups excluding carboxylic acids is 1. The van der Waals surface area contributed by atoms with Gasteiger partial charge in [-0.2, -0.15) is 0 Å². The first-order chi connectivity index (χ1) is 16.0. The van der Waals surface area contributed by atoms with E-state index in [1.165, 1.54) is 11.3 Å². The van der Waals surface area contributed by atoms with Gasteiger partial charge in [0.05, 0.1) is 16.1 Å². The van der Waals surface area contributed by atoms with E-state index >= 15 is 0 Å². The summed E-state index contributed by atoms with van der Waals surface area (Å²) in [6, 6.07) is 21.0. The van der Waals surface area contributed by atoms with Gasteiger partial charge in [-0.3, -0.25) is 9.59 Å². The van der Waals surface area contributed by atoms with Gasteiger partial charge in [0.25, 0.3) is 0 Å². The molecule has 3 aromatic carbocycles. The first-order valence-corrected chi connectivity index (χ1v) is 12.0. The number of aliphatic carboxylic acids is 1. The van der Waals surface area contributed by atoms with Crippen molar-refractivity contribution in [2.45, 2.75) is 19.3 Å². The Morgan fingerprint density at radius 1 is 1.00 bits per heavy atom. The van der Waals surface area contributed by atoms with Gasteiger partial charge in [-0.05, 0) is 42.7 Å². The zero-order valence-electron chi connectivity index (χ0n) is 17.6. The molecule has 1 heterocycles. The highest BCUT2D eigenvalue weighted by atomic mass is 35.5. The van der Waals surface area contributed by atoms with Crippen LogP contribution >= 0.6 is 22.9 Å². The summed E-state index contributed by atoms with van der Waals surface area (Å²) < 4.78 is 0.966. The average molecular weight is 477 g/mol. The molecule has 2 atom stereocenters. The minimum Gasteiger partial charge on any atom is -0.481 e. The molecule has 1 fully saturated rings. The van der Waals surface area contributed by atoms with Crippen molar-refractivity contribution in [3.8, 4) is 11.1 Å². The quantitative estimate of drug-likeness (QED) is 0.291. The molecule has 1 aromatic heterocycles. The predicted octanol–water partition coefficient (Wildman–Crippen LogP) is 7.04. The summed E-state index contributed by atoms with van der Waals surface area (Å²) >= 11 is 7.61. The first-order valence-electron chi connectivity index (χ1n) is 10.8. The summed E-state index contributed by atoms with van der Waals surface area (Å²) in [5.41, 5.74) is 4.05. The SMILES string of the molecule is O=C(O)[C@@H]1CCC[C@H]1C(=O)c1ccc(-c2ccccc2)c(Nc2nc3ccc(Cl)cc3s2)c1. The normalized spacial score (nSPS) is 17.8. The predicted molar refractivity (Wildman–Crippen MR) is 133 cm³/mol. The second kappa shape index (κ2) is 8.96. The van der Waals surface area contributed by atoms with Gasteiger partial charge >= 0.3 is 5.97 Å². The molecular formula is C26H21ClN2O3S. The molecule has 1 aliphatic carbocycles. The van der Waals surface area contributed by atoms with Crippen molar-refractivity contribution in [3.05, 3.63) is 77.3 Å². The van der Waals surface area contributed by atoms with E-state index in [1.807, 2.05) is 60.7 Å². The van der Waals surface area contributed by atoms with E-state index in [1.54, 1.807) is 6.07 Å². The highest BCUT2D eigenvalue weighted by molar-refractivity contribution is 7.22. The van der Waals surface area contributed by atoms with Crippen LogP contribution in [0.4, 0.5) is 10.8 Å². The maximum absolute atomic E-state index is 13.3. The van der Waals surface area contributed by atoms with E-state index in [4.69, 9.17) is 11.6 Å². The third-order valence-electron chi connectivity index (χ3n) is 6.15. The lowest BCUT2D eigenvalue weighted by Gasteiger charge is -2.17. The number of rotatable bonds is 6. The number of nitrogens with zero attached hydrogens (tertiary/aromatic N) is 1. The van der Waals surface area contributed by atoms with E-state index < -0.39 is 17.8 Å². The lowest BCUT2D eigenvalue weighted by atomic mass is 9.87. The average Bonchev–Trinajstić information content (AvgIpc) is 3.46. The Labute approximate surface area is 200 Å².